The summed E-state index contributed by atoms with van der Waals surface area (Å²) < 4.78 is 0. The molecule has 0 spiro atoms. The summed E-state index contributed by atoms with van der Waals surface area (Å²) in [5.41, 5.74) is 7.01. The van der Waals surface area contributed by atoms with Crippen LogP contribution < -0.4 is 5.73 Å². The van der Waals surface area contributed by atoms with Crippen molar-refractivity contribution >= 4 is 0 Å². The number of hydrogen-bond acceptors (Lipinski definition) is 3. The van der Waals surface area contributed by atoms with Crippen LogP contribution in [0.1, 0.15) is 31.1 Å². The Labute approximate surface area is 84.2 Å². The molecule has 3 heteroatoms. The van der Waals surface area contributed by atoms with Gasteiger partial charge in [-0.3, -0.25) is 0 Å². The van der Waals surface area contributed by atoms with Crippen molar-refractivity contribution in [2.75, 3.05) is 6.61 Å². The Balaban J connectivity index is 3.16. The average molecular weight is 195 g/mol. The van der Waals surface area contributed by atoms with Gasteiger partial charge in [-0.15, -0.1) is 0 Å². The molecule has 1 aromatic rings. The first-order chi connectivity index (χ1) is 6.46. The van der Waals surface area contributed by atoms with Crippen LogP contribution in [0.15, 0.2) is 24.3 Å². The van der Waals surface area contributed by atoms with E-state index in [0.29, 0.717) is 5.56 Å². The lowest BCUT2D eigenvalue weighted by Crippen LogP contribution is -2.30. The van der Waals surface area contributed by atoms with Gasteiger partial charge in [0, 0.05) is 5.54 Å². The van der Waals surface area contributed by atoms with Gasteiger partial charge in [-0.2, -0.15) is 0 Å². The monoisotopic (exact) mass is 195 g/mol. The van der Waals surface area contributed by atoms with Crippen LogP contribution >= 0.6 is 0 Å². The lowest BCUT2D eigenvalue weighted by molar-refractivity contribution is 0.0941. The highest BCUT2D eigenvalue weighted by Gasteiger charge is 2.20. The number of nitrogens with two attached hydrogens (primary N) is 1. The summed E-state index contributed by atoms with van der Waals surface area (Å²) in [6.45, 7) is 3.46. The van der Waals surface area contributed by atoms with Crippen LogP contribution in [0.5, 0.6) is 0 Å². The van der Waals surface area contributed by atoms with E-state index in [1.54, 1.807) is 6.07 Å². The number of rotatable bonds is 3. The van der Waals surface area contributed by atoms with E-state index in [9.17, 15) is 5.11 Å². The zero-order valence-electron chi connectivity index (χ0n) is 8.57. The van der Waals surface area contributed by atoms with Crippen molar-refractivity contribution in [3.8, 4) is 0 Å². The highest BCUT2D eigenvalue weighted by atomic mass is 16.3. The molecule has 1 aromatic carbocycles. The fourth-order valence-electron chi connectivity index (χ4n) is 1.47. The van der Waals surface area contributed by atoms with Gasteiger partial charge >= 0.3 is 0 Å². The molecule has 0 saturated carbocycles. The normalized spacial score (nSPS) is 14.1. The minimum atomic E-state index is -0.853. The Morgan fingerprint density at radius 3 is 2.43 bits per heavy atom. The van der Waals surface area contributed by atoms with Crippen LogP contribution in [0, 0.1) is 0 Å². The minimum absolute atomic E-state index is 0.285. The van der Waals surface area contributed by atoms with Gasteiger partial charge in [0.05, 0.1) is 6.61 Å². The molecule has 0 radical (unpaired) electrons. The Hall–Kier alpha value is -0.900. The second-order valence-electron chi connectivity index (χ2n) is 4.01. The molecule has 1 atom stereocenters. The van der Waals surface area contributed by atoms with Gasteiger partial charge < -0.3 is 15.9 Å². The van der Waals surface area contributed by atoms with E-state index in [-0.39, 0.29) is 6.61 Å². The topological polar surface area (TPSA) is 66.5 Å². The molecule has 0 bridgehead atoms. The summed E-state index contributed by atoms with van der Waals surface area (Å²) in [4.78, 5) is 0. The molecule has 0 heterocycles. The van der Waals surface area contributed by atoms with Crippen molar-refractivity contribution in [3.63, 3.8) is 0 Å². The van der Waals surface area contributed by atoms with E-state index >= 15 is 0 Å². The van der Waals surface area contributed by atoms with E-state index in [1.165, 1.54) is 0 Å². The summed E-state index contributed by atoms with van der Waals surface area (Å²) in [6, 6.07) is 7.35. The molecule has 0 aromatic heterocycles. The van der Waals surface area contributed by atoms with Gasteiger partial charge in [0.15, 0.2) is 0 Å². The molecule has 3 nitrogen and oxygen atoms in total. The van der Waals surface area contributed by atoms with Gasteiger partial charge in [-0.05, 0) is 25.0 Å². The number of aliphatic hydroxyl groups excluding tert-OH is 2. The molecular formula is C11H17NO2. The Morgan fingerprint density at radius 1 is 1.36 bits per heavy atom. The Kier molecular flexibility index (Phi) is 3.26. The lowest BCUT2D eigenvalue weighted by Gasteiger charge is -2.24. The van der Waals surface area contributed by atoms with E-state index < -0.39 is 11.6 Å². The largest absolute Gasteiger partial charge is 0.393 e. The summed E-state index contributed by atoms with van der Waals surface area (Å²) in [5, 5.41) is 18.5. The van der Waals surface area contributed by atoms with Crippen LogP contribution in [-0.4, -0.2) is 16.8 Å². The first kappa shape index (κ1) is 11.2. The molecule has 0 aliphatic rings. The molecule has 14 heavy (non-hydrogen) atoms. The van der Waals surface area contributed by atoms with Crippen molar-refractivity contribution in [2.45, 2.75) is 25.5 Å². The number of aliphatic hydroxyl groups is 2. The van der Waals surface area contributed by atoms with Crippen LogP contribution in [0.4, 0.5) is 0 Å². The van der Waals surface area contributed by atoms with Crippen molar-refractivity contribution in [3.05, 3.63) is 35.4 Å². The van der Waals surface area contributed by atoms with Crippen molar-refractivity contribution in [1.29, 1.82) is 0 Å². The predicted molar refractivity (Wildman–Crippen MR) is 55.7 cm³/mol. The maximum atomic E-state index is 9.57. The summed E-state index contributed by atoms with van der Waals surface area (Å²) >= 11 is 0. The van der Waals surface area contributed by atoms with Gasteiger partial charge in [-0.1, -0.05) is 24.3 Å². The van der Waals surface area contributed by atoms with E-state index in [0.717, 1.165) is 5.56 Å². The summed E-state index contributed by atoms with van der Waals surface area (Å²) in [7, 11) is 0. The van der Waals surface area contributed by atoms with Crippen LogP contribution in [0.25, 0.3) is 0 Å². The second kappa shape index (κ2) is 4.09. The molecule has 4 N–H and O–H groups in total. The third-order valence-corrected chi connectivity index (χ3v) is 2.19. The van der Waals surface area contributed by atoms with E-state index in [1.807, 2.05) is 32.0 Å². The van der Waals surface area contributed by atoms with Crippen LogP contribution in [0.3, 0.4) is 0 Å². The minimum Gasteiger partial charge on any atom is -0.393 e. The SMILES string of the molecule is CC(C)(N)c1ccccc1C(O)CO. The van der Waals surface area contributed by atoms with Crippen LogP contribution in [0.2, 0.25) is 0 Å². The van der Waals surface area contributed by atoms with Crippen molar-refractivity contribution in [1.82, 2.24) is 0 Å². The van der Waals surface area contributed by atoms with E-state index in [4.69, 9.17) is 10.8 Å². The lowest BCUT2D eigenvalue weighted by atomic mass is 9.89. The molecular weight excluding hydrogens is 178 g/mol. The number of hydrogen-bond donors (Lipinski definition) is 3. The maximum absolute atomic E-state index is 9.57. The third kappa shape index (κ3) is 2.32. The summed E-state index contributed by atoms with van der Waals surface area (Å²) in [5.74, 6) is 0. The molecule has 0 aliphatic heterocycles. The molecule has 0 amide bonds. The van der Waals surface area contributed by atoms with E-state index in [2.05, 4.69) is 0 Å². The summed E-state index contributed by atoms with van der Waals surface area (Å²) in [6.07, 6.45) is -0.853. The smallest absolute Gasteiger partial charge is 0.102 e. The standard InChI is InChI=1S/C11H17NO2/c1-11(2,12)9-6-4-3-5-8(9)10(14)7-13/h3-6,10,13-14H,7,12H2,1-2H3. The zero-order chi connectivity index (χ0) is 10.8. The van der Waals surface area contributed by atoms with Crippen LogP contribution in [-0.2, 0) is 5.54 Å². The molecule has 1 unspecified atom stereocenters. The van der Waals surface area contributed by atoms with Crippen molar-refractivity contribution < 1.29 is 10.2 Å². The average Bonchev–Trinajstić information content (AvgIpc) is 2.15. The van der Waals surface area contributed by atoms with Gasteiger partial charge in [0.2, 0.25) is 0 Å². The van der Waals surface area contributed by atoms with Crippen molar-refractivity contribution in [2.24, 2.45) is 5.73 Å². The molecule has 0 saturated heterocycles. The first-order valence-electron chi connectivity index (χ1n) is 4.64. The second-order valence-corrected chi connectivity index (χ2v) is 4.01. The fourth-order valence-corrected chi connectivity index (χ4v) is 1.47. The third-order valence-electron chi connectivity index (χ3n) is 2.19. The van der Waals surface area contributed by atoms with Gasteiger partial charge in [0.25, 0.3) is 0 Å². The van der Waals surface area contributed by atoms with Gasteiger partial charge in [0.1, 0.15) is 6.10 Å². The maximum Gasteiger partial charge on any atom is 0.102 e. The number of benzene rings is 1. The molecule has 1 rings (SSSR count). The van der Waals surface area contributed by atoms with Gasteiger partial charge in [-0.25, -0.2) is 0 Å². The predicted octanol–water partition coefficient (Wildman–Crippen LogP) is 0.906. The first-order valence-corrected chi connectivity index (χ1v) is 4.64. The fraction of sp³-hybridized carbons (Fsp3) is 0.455. The zero-order valence-corrected chi connectivity index (χ0v) is 8.57. The quantitative estimate of drug-likeness (QED) is 0.671. The highest BCUT2D eigenvalue weighted by molar-refractivity contribution is 5.34. The molecule has 0 aliphatic carbocycles. The molecule has 78 valence electrons. The Bertz CT molecular complexity index is 304. The Morgan fingerprint density at radius 2 is 1.93 bits per heavy atom. The molecule has 0 fully saturated rings. The highest BCUT2D eigenvalue weighted by Crippen LogP contribution is 2.25.